The van der Waals surface area contributed by atoms with Gasteiger partial charge in [-0.2, -0.15) is 0 Å². The summed E-state index contributed by atoms with van der Waals surface area (Å²) in [7, 11) is 0. The van der Waals surface area contributed by atoms with Gasteiger partial charge in [0.1, 0.15) is 11.6 Å². The van der Waals surface area contributed by atoms with Gasteiger partial charge in [-0.05, 0) is 42.5 Å². The molecule has 1 spiro atoms. The molecule has 146 valence electrons. The van der Waals surface area contributed by atoms with Crippen LogP contribution in [0.25, 0.3) is 10.9 Å². The van der Waals surface area contributed by atoms with E-state index in [9.17, 15) is 9.18 Å². The molecule has 0 bridgehead atoms. The highest BCUT2D eigenvalue weighted by Gasteiger charge is 2.38. The standard InChI is InChI=1S/C23H19FN2O3/c24-18-6-3-16(4-7-18)1-2-17-5-8-19-20(15-17)25-21-9-10-23(28-13-14-29-23)11-12-26(21)22(19)27/h3-8,15H,9-14H2. The number of hydrogen-bond acceptors (Lipinski definition) is 4. The first-order valence-corrected chi connectivity index (χ1v) is 9.71. The predicted octanol–water partition coefficient (Wildman–Crippen LogP) is 3.01. The second-order valence-electron chi connectivity index (χ2n) is 7.33. The third kappa shape index (κ3) is 3.44. The fraction of sp³-hybridized carbons (Fsp3) is 0.304. The second-order valence-corrected chi connectivity index (χ2v) is 7.33. The van der Waals surface area contributed by atoms with Crippen molar-refractivity contribution in [2.24, 2.45) is 0 Å². The van der Waals surface area contributed by atoms with Crippen molar-refractivity contribution in [2.45, 2.75) is 31.6 Å². The van der Waals surface area contributed by atoms with E-state index in [4.69, 9.17) is 14.5 Å². The number of aromatic nitrogens is 2. The molecule has 1 fully saturated rings. The summed E-state index contributed by atoms with van der Waals surface area (Å²) in [6, 6.07) is 11.5. The number of hydrogen-bond donors (Lipinski definition) is 0. The minimum Gasteiger partial charge on any atom is -0.347 e. The third-order valence-corrected chi connectivity index (χ3v) is 5.49. The number of benzene rings is 2. The molecule has 0 saturated carbocycles. The van der Waals surface area contributed by atoms with Crippen LogP contribution in [-0.4, -0.2) is 28.6 Å². The molecule has 29 heavy (non-hydrogen) atoms. The maximum atomic E-state index is 13.0. The highest BCUT2D eigenvalue weighted by molar-refractivity contribution is 5.79. The number of aryl methyl sites for hydroxylation is 1. The summed E-state index contributed by atoms with van der Waals surface area (Å²) in [5.41, 5.74) is 2.07. The van der Waals surface area contributed by atoms with Gasteiger partial charge >= 0.3 is 0 Å². The average molecular weight is 390 g/mol. The van der Waals surface area contributed by atoms with Crippen molar-refractivity contribution in [2.75, 3.05) is 13.2 Å². The monoisotopic (exact) mass is 390 g/mol. The van der Waals surface area contributed by atoms with Gasteiger partial charge in [-0.1, -0.05) is 11.8 Å². The molecule has 2 aliphatic heterocycles. The Labute approximate surface area is 167 Å². The van der Waals surface area contributed by atoms with Crippen molar-refractivity contribution in [3.05, 3.63) is 75.6 Å². The summed E-state index contributed by atoms with van der Waals surface area (Å²) in [4.78, 5) is 17.8. The lowest BCUT2D eigenvalue weighted by Gasteiger charge is -2.24. The average Bonchev–Trinajstić information content (AvgIpc) is 3.12. The molecule has 0 atom stereocenters. The van der Waals surface area contributed by atoms with E-state index < -0.39 is 5.79 Å². The van der Waals surface area contributed by atoms with Gasteiger partial charge in [0.15, 0.2) is 5.79 Å². The molecule has 0 unspecified atom stereocenters. The van der Waals surface area contributed by atoms with Crippen LogP contribution in [0.3, 0.4) is 0 Å². The van der Waals surface area contributed by atoms with Crippen LogP contribution in [0.1, 0.15) is 29.8 Å². The second kappa shape index (κ2) is 7.11. The van der Waals surface area contributed by atoms with Crippen LogP contribution in [0.15, 0.2) is 47.3 Å². The maximum Gasteiger partial charge on any atom is 0.261 e. The first-order valence-electron chi connectivity index (χ1n) is 9.71. The van der Waals surface area contributed by atoms with Crippen molar-refractivity contribution >= 4 is 10.9 Å². The normalized spacial score (nSPS) is 17.6. The number of rotatable bonds is 0. The lowest BCUT2D eigenvalue weighted by molar-refractivity contribution is -0.165. The quantitative estimate of drug-likeness (QED) is 0.554. The molecule has 0 aliphatic carbocycles. The molecule has 5 rings (SSSR count). The smallest absolute Gasteiger partial charge is 0.261 e. The van der Waals surface area contributed by atoms with E-state index in [0.29, 0.717) is 49.9 Å². The van der Waals surface area contributed by atoms with Crippen molar-refractivity contribution in [3.8, 4) is 11.8 Å². The minimum absolute atomic E-state index is 0.0434. The number of fused-ring (bicyclic) bond motifs is 2. The van der Waals surface area contributed by atoms with Crippen molar-refractivity contribution < 1.29 is 13.9 Å². The van der Waals surface area contributed by atoms with E-state index in [1.807, 2.05) is 12.1 Å². The lowest BCUT2D eigenvalue weighted by atomic mass is 10.1. The lowest BCUT2D eigenvalue weighted by Crippen LogP contribution is -2.31. The van der Waals surface area contributed by atoms with Gasteiger partial charge < -0.3 is 9.47 Å². The SMILES string of the molecule is O=c1c2ccc(C#Cc3ccc(F)cc3)cc2nc2n1CCC1(CC2)OCCO1. The first kappa shape index (κ1) is 18.0. The van der Waals surface area contributed by atoms with Gasteiger partial charge in [-0.3, -0.25) is 9.36 Å². The Bertz CT molecular complexity index is 1200. The Balaban J connectivity index is 1.50. The Morgan fingerprint density at radius 1 is 1.00 bits per heavy atom. The Hall–Kier alpha value is -3.01. The molecule has 0 N–H and O–H groups in total. The molecule has 2 aliphatic rings. The first-order chi connectivity index (χ1) is 14.1. The predicted molar refractivity (Wildman–Crippen MR) is 106 cm³/mol. The maximum absolute atomic E-state index is 13.0. The molecule has 1 saturated heterocycles. The molecule has 0 radical (unpaired) electrons. The van der Waals surface area contributed by atoms with Crippen LogP contribution in [0.5, 0.6) is 0 Å². The van der Waals surface area contributed by atoms with Crippen molar-refractivity contribution in [3.63, 3.8) is 0 Å². The third-order valence-electron chi connectivity index (χ3n) is 5.49. The summed E-state index contributed by atoms with van der Waals surface area (Å²) in [5.74, 6) is 5.95. The topological polar surface area (TPSA) is 53.4 Å². The molecule has 1 aromatic heterocycles. The van der Waals surface area contributed by atoms with Crippen LogP contribution in [-0.2, 0) is 22.4 Å². The van der Waals surface area contributed by atoms with Gasteiger partial charge in [0.05, 0.1) is 24.1 Å². The van der Waals surface area contributed by atoms with E-state index in [-0.39, 0.29) is 11.4 Å². The van der Waals surface area contributed by atoms with Crippen LogP contribution >= 0.6 is 0 Å². The van der Waals surface area contributed by atoms with Gasteiger partial charge in [-0.25, -0.2) is 9.37 Å². The highest BCUT2D eigenvalue weighted by Crippen LogP contribution is 2.31. The van der Waals surface area contributed by atoms with Crippen LogP contribution < -0.4 is 5.56 Å². The Kier molecular flexibility index (Phi) is 4.42. The van der Waals surface area contributed by atoms with Crippen molar-refractivity contribution in [1.29, 1.82) is 0 Å². The summed E-state index contributed by atoms with van der Waals surface area (Å²) >= 11 is 0. The Morgan fingerprint density at radius 2 is 1.72 bits per heavy atom. The molecule has 5 nitrogen and oxygen atoms in total. The van der Waals surface area contributed by atoms with E-state index >= 15 is 0 Å². The largest absolute Gasteiger partial charge is 0.347 e. The zero-order valence-corrected chi connectivity index (χ0v) is 15.8. The van der Waals surface area contributed by atoms with Gasteiger partial charge in [0.25, 0.3) is 5.56 Å². The number of nitrogens with zero attached hydrogens (tertiary/aromatic N) is 2. The van der Waals surface area contributed by atoms with E-state index in [0.717, 1.165) is 17.0 Å². The van der Waals surface area contributed by atoms with E-state index in [1.54, 1.807) is 22.8 Å². The Morgan fingerprint density at radius 3 is 2.52 bits per heavy atom. The molecule has 2 aromatic carbocycles. The van der Waals surface area contributed by atoms with E-state index in [2.05, 4.69) is 11.8 Å². The zero-order chi connectivity index (χ0) is 19.8. The number of halogens is 1. The van der Waals surface area contributed by atoms with Gasteiger partial charge in [-0.15, -0.1) is 0 Å². The molecule has 3 aromatic rings. The minimum atomic E-state index is -0.585. The van der Waals surface area contributed by atoms with Gasteiger partial charge in [0, 0.05) is 36.9 Å². The van der Waals surface area contributed by atoms with Crippen LogP contribution in [0, 0.1) is 17.7 Å². The van der Waals surface area contributed by atoms with Crippen LogP contribution in [0.2, 0.25) is 0 Å². The van der Waals surface area contributed by atoms with Gasteiger partial charge in [0.2, 0.25) is 0 Å². The van der Waals surface area contributed by atoms with E-state index in [1.165, 1.54) is 12.1 Å². The zero-order valence-electron chi connectivity index (χ0n) is 15.8. The molecular weight excluding hydrogens is 371 g/mol. The van der Waals surface area contributed by atoms with Crippen molar-refractivity contribution in [1.82, 2.24) is 9.55 Å². The summed E-state index contributed by atoms with van der Waals surface area (Å²) in [6.45, 7) is 1.72. The molecule has 3 heterocycles. The number of ether oxygens (including phenoxy) is 2. The fourth-order valence-electron chi connectivity index (χ4n) is 3.94. The summed E-state index contributed by atoms with van der Waals surface area (Å²) in [5, 5.41) is 0.574. The summed E-state index contributed by atoms with van der Waals surface area (Å²) in [6.07, 6.45) is 1.96. The molecular formula is C23H19FN2O3. The highest BCUT2D eigenvalue weighted by atomic mass is 19.1. The fourth-order valence-corrected chi connectivity index (χ4v) is 3.94. The molecule has 6 heteroatoms. The summed E-state index contributed by atoms with van der Waals surface area (Å²) < 4.78 is 26.4. The molecule has 0 amide bonds. The van der Waals surface area contributed by atoms with Crippen LogP contribution in [0.4, 0.5) is 4.39 Å².